The zero-order valence-corrected chi connectivity index (χ0v) is 11.8. The second-order valence-electron chi connectivity index (χ2n) is 4.04. The van der Waals surface area contributed by atoms with Gasteiger partial charge in [0.15, 0.2) is 0 Å². The first kappa shape index (κ1) is 13.1. The Balaban J connectivity index is 2.09. The minimum absolute atomic E-state index is 0.433. The lowest BCUT2D eigenvalue weighted by Gasteiger charge is -2.10. The summed E-state index contributed by atoms with van der Waals surface area (Å²) in [5, 5.41) is 0. The van der Waals surface area contributed by atoms with Crippen LogP contribution in [0.15, 0.2) is 40.9 Å². The van der Waals surface area contributed by atoms with Crippen LogP contribution >= 0.6 is 15.9 Å². The molecular formula is C14H15BrN2O. The van der Waals surface area contributed by atoms with Crippen molar-refractivity contribution in [1.29, 1.82) is 0 Å². The zero-order chi connectivity index (χ0) is 13.0. The molecule has 1 heterocycles. The third-order valence-electron chi connectivity index (χ3n) is 2.59. The molecule has 0 unspecified atom stereocenters. The third kappa shape index (κ3) is 3.31. The number of ether oxygens (including phenoxy) is 1. The van der Waals surface area contributed by atoms with Crippen molar-refractivity contribution in [3.63, 3.8) is 0 Å². The summed E-state index contributed by atoms with van der Waals surface area (Å²) >= 11 is 3.40. The Hall–Kier alpha value is -1.39. The molecule has 4 heteroatoms. The van der Waals surface area contributed by atoms with Gasteiger partial charge in [-0.05, 0) is 30.7 Å². The van der Waals surface area contributed by atoms with Crippen LogP contribution in [0.2, 0.25) is 0 Å². The highest BCUT2D eigenvalue weighted by Gasteiger charge is 2.04. The normalized spacial score (nSPS) is 10.4. The first-order chi connectivity index (χ1) is 8.69. The van der Waals surface area contributed by atoms with Gasteiger partial charge in [-0.2, -0.15) is 0 Å². The number of nitrogens with zero attached hydrogens (tertiary/aromatic N) is 1. The second kappa shape index (κ2) is 5.98. The third-order valence-corrected chi connectivity index (χ3v) is 3.12. The van der Waals surface area contributed by atoms with Crippen LogP contribution < -0.4 is 10.5 Å². The van der Waals surface area contributed by atoms with Crippen LogP contribution in [0, 0.1) is 6.92 Å². The topological polar surface area (TPSA) is 48.1 Å². The van der Waals surface area contributed by atoms with Gasteiger partial charge in [0.2, 0.25) is 5.88 Å². The molecule has 0 aliphatic rings. The summed E-state index contributed by atoms with van der Waals surface area (Å²) in [6, 6.07) is 11.9. The molecule has 2 aromatic rings. The first-order valence-corrected chi connectivity index (χ1v) is 6.52. The Morgan fingerprint density at radius 1 is 1.17 bits per heavy atom. The van der Waals surface area contributed by atoms with Crippen LogP contribution in [0.1, 0.15) is 16.8 Å². The van der Waals surface area contributed by atoms with Gasteiger partial charge in [-0.1, -0.05) is 34.1 Å². The van der Waals surface area contributed by atoms with Crippen molar-refractivity contribution in [2.24, 2.45) is 5.73 Å². The highest BCUT2D eigenvalue weighted by molar-refractivity contribution is 9.10. The predicted octanol–water partition coefficient (Wildman–Crippen LogP) is 3.19. The van der Waals surface area contributed by atoms with Gasteiger partial charge in [0, 0.05) is 22.3 Å². The highest BCUT2D eigenvalue weighted by Crippen LogP contribution is 2.18. The van der Waals surface area contributed by atoms with Gasteiger partial charge in [0.25, 0.3) is 0 Å². The molecule has 18 heavy (non-hydrogen) atoms. The van der Waals surface area contributed by atoms with Crippen LogP contribution in [0.25, 0.3) is 0 Å². The molecule has 0 atom stereocenters. The van der Waals surface area contributed by atoms with Gasteiger partial charge in [-0.25, -0.2) is 4.98 Å². The van der Waals surface area contributed by atoms with Gasteiger partial charge in [0.1, 0.15) is 6.61 Å². The minimum atomic E-state index is 0.433. The summed E-state index contributed by atoms with van der Waals surface area (Å²) in [6.45, 7) is 2.87. The SMILES string of the molecule is Cc1ccc(CN)c(OCc2ccc(Br)cc2)n1. The Morgan fingerprint density at radius 2 is 1.89 bits per heavy atom. The molecule has 0 bridgehead atoms. The second-order valence-corrected chi connectivity index (χ2v) is 4.95. The summed E-state index contributed by atoms with van der Waals surface area (Å²) in [4.78, 5) is 4.37. The maximum atomic E-state index is 5.73. The lowest BCUT2D eigenvalue weighted by Crippen LogP contribution is -2.05. The fraction of sp³-hybridized carbons (Fsp3) is 0.214. The van der Waals surface area contributed by atoms with E-state index in [2.05, 4.69) is 20.9 Å². The van der Waals surface area contributed by atoms with Crippen molar-refractivity contribution >= 4 is 15.9 Å². The van der Waals surface area contributed by atoms with Crippen molar-refractivity contribution in [3.05, 3.63) is 57.7 Å². The number of hydrogen-bond donors (Lipinski definition) is 1. The largest absolute Gasteiger partial charge is 0.473 e. The number of benzene rings is 1. The maximum Gasteiger partial charge on any atom is 0.218 e. The van der Waals surface area contributed by atoms with Crippen LogP contribution in [-0.2, 0) is 13.2 Å². The van der Waals surface area contributed by atoms with Crippen molar-refractivity contribution < 1.29 is 4.74 Å². The van der Waals surface area contributed by atoms with Crippen molar-refractivity contribution in [2.75, 3.05) is 0 Å². The monoisotopic (exact) mass is 306 g/mol. The summed E-state index contributed by atoms with van der Waals surface area (Å²) in [6.07, 6.45) is 0. The van der Waals surface area contributed by atoms with Crippen molar-refractivity contribution in [3.8, 4) is 5.88 Å². The Bertz CT molecular complexity index is 526. The molecule has 0 amide bonds. The molecule has 0 aliphatic heterocycles. The average Bonchev–Trinajstić information content (AvgIpc) is 2.38. The predicted molar refractivity (Wildman–Crippen MR) is 75.3 cm³/mol. The summed E-state index contributed by atoms with van der Waals surface area (Å²) in [5.41, 5.74) is 8.62. The molecule has 1 aromatic heterocycles. The molecule has 1 aromatic carbocycles. The zero-order valence-electron chi connectivity index (χ0n) is 10.2. The van der Waals surface area contributed by atoms with Crippen LogP contribution in [0.3, 0.4) is 0 Å². The van der Waals surface area contributed by atoms with Gasteiger partial charge >= 0.3 is 0 Å². The van der Waals surface area contributed by atoms with E-state index in [-0.39, 0.29) is 0 Å². The lowest BCUT2D eigenvalue weighted by atomic mass is 10.2. The van der Waals surface area contributed by atoms with Gasteiger partial charge in [0.05, 0.1) is 0 Å². The van der Waals surface area contributed by atoms with E-state index in [1.165, 1.54) is 0 Å². The molecule has 94 valence electrons. The number of halogens is 1. The van der Waals surface area contributed by atoms with E-state index in [0.29, 0.717) is 19.0 Å². The van der Waals surface area contributed by atoms with E-state index in [0.717, 1.165) is 21.3 Å². The molecule has 0 saturated carbocycles. The number of aromatic nitrogens is 1. The van der Waals surface area contributed by atoms with E-state index in [9.17, 15) is 0 Å². The van der Waals surface area contributed by atoms with Gasteiger partial charge in [-0.15, -0.1) is 0 Å². The summed E-state index contributed by atoms with van der Waals surface area (Å²) in [7, 11) is 0. The molecule has 0 radical (unpaired) electrons. The number of pyridine rings is 1. The lowest BCUT2D eigenvalue weighted by molar-refractivity contribution is 0.290. The Labute approximate surface area is 115 Å². The smallest absolute Gasteiger partial charge is 0.218 e. The molecule has 2 rings (SSSR count). The van der Waals surface area contributed by atoms with Crippen LogP contribution in [0.5, 0.6) is 5.88 Å². The highest BCUT2D eigenvalue weighted by atomic mass is 79.9. The first-order valence-electron chi connectivity index (χ1n) is 5.73. The number of rotatable bonds is 4. The Kier molecular flexibility index (Phi) is 4.33. The standard InChI is InChI=1S/C14H15BrN2O/c1-10-2-5-12(8-16)14(17-10)18-9-11-3-6-13(15)7-4-11/h2-7H,8-9,16H2,1H3. The number of nitrogens with two attached hydrogens (primary N) is 1. The minimum Gasteiger partial charge on any atom is -0.473 e. The molecule has 2 N–H and O–H groups in total. The fourth-order valence-electron chi connectivity index (χ4n) is 1.57. The molecule has 0 aliphatic carbocycles. The van der Waals surface area contributed by atoms with Gasteiger partial charge < -0.3 is 10.5 Å². The fourth-order valence-corrected chi connectivity index (χ4v) is 1.84. The molecule has 0 spiro atoms. The number of aryl methyl sites for hydroxylation is 1. The molecule has 0 saturated heterocycles. The average molecular weight is 307 g/mol. The van der Waals surface area contributed by atoms with Gasteiger partial charge in [-0.3, -0.25) is 0 Å². The van der Waals surface area contributed by atoms with Crippen LogP contribution in [0.4, 0.5) is 0 Å². The van der Waals surface area contributed by atoms with Crippen molar-refractivity contribution in [2.45, 2.75) is 20.1 Å². The van der Waals surface area contributed by atoms with Crippen molar-refractivity contribution in [1.82, 2.24) is 4.98 Å². The molecular weight excluding hydrogens is 292 g/mol. The van der Waals surface area contributed by atoms with E-state index >= 15 is 0 Å². The van der Waals surface area contributed by atoms with Crippen LogP contribution in [-0.4, -0.2) is 4.98 Å². The van der Waals surface area contributed by atoms with E-state index < -0.39 is 0 Å². The van der Waals surface area contributed by atoms with E-state index in [1.807, 2.05) is 43.3 Å². The quantitative estimate of drug-likeness (QED) is 0.943. The maximum absolute atomic E-state index is 5.73. The Morgan fingerprint density at radius 3 is 2.56 bits per heavy atom. The number of hydrogen-bond acceptors (Lipinski definition) is 3. The summed E-state index contributed by atoms with van der Waals surface area (Å²) < 4.78 is 6.79. The van der Waals surface area contributed by atoms with E-state index in [4.69, 9.17) is 10.5 Å². The van der Waals surface area contributed by atoms with E-state index in [1.54, 1.807) is 0 Å². The summed E-state index contributed by atoms with van der Waals surface area (Å²) in [5.74, 6) is 0.625. The molecule has 0 fully saturated rings. The molecule has 3 nitrogen and oxygen atoms in total.